The number of fused-ring (bicyclic) bond motifs is 1. The molecule has 1 aliphatic heterocycles. The molecule has 0 radical (unpaired) electrons. The molecule has 3 aromatic heterocycles. The third kappa shape index (κ3) is 2.42. The summed E-state index contributed by atoms with van der Waals surface area (Å²) in [7, 11) is 0. The van der Waals surface area contributed by atoms with Crippen molar-refractivity contribution in [2.45, 2.75) is 12.3 Å². The largest absolute Gasteiger partial charge is 0.269 e. The summed E-state index contributed by atoms with van der Waals surface area (Å²) in [5.74, 6) is 0.217. The van der Waals surface area contributed by atoms with E-state index in [0.29, 0.717) is 5.15 Å². The summed E-state index contributed by atoms with van der Waals surface area (Å²) in [5, 5.41) is 0.473. The Morgan fingerprint density at radius 1 is 1.18 bits per heavy atom. The Labute approximate surface area is 136 Å². The van der Waals surface area contributed by atoms with Gasteiger partial charge in [-0.25, -0.2) is 9.97 Å². The van der Waals surface area contributed by atoms with Crippen molar-refractivity contribution < 1.29 is 0 Å². The van der Waals surface area contributed by atoms with Crippen LogP contribution in [-0.4, -0.2) is 21.2 Å². The Hall–Kier alpha value is -2.11. The van der Waals surface area contributed by atoms with Gasteiger partial charge in [-0.15, -0.1) is 11.3 Å². The molecular formula is C16H11ClN4S. The molecular weight excluding hydrogens is 316 g/mol. The summed E-state index contributed by atoms with van der Waals surface area (Å²) in [6.45, 7) is 0. The maximum atomic E-state index is 5.98. The van der Waals surface area contributed by atoms with Crippen LogP contribution >= 0.6 is 22.9 Å². The Morgan fingerprint density at radius 2 is 2.14 bits per heavy atom. The summed E-state index contributed by atoms with van der Waals surface area (Å²) in [6, 6.07) is 5.64. The van der Waals surface area contributed by atoms with Crippen molar-refractivity contribution >= 4 is 40.2 Å². The fourth-order valence-corrected chi connectivity index (χ4v) is 3.50. The molecule has 108 valence electrons. The van der Waals surface area contributed by atoms with E-state index in [4.69, 9.17) is 11.6 Å². The predicted octanol–water partition coefficient (Wildman–Crippen LogP) is 4.48. The molecule has 0 aliphatic carbocycles. The molecule has 4 nitrogen and oxygen atoms in total. The molecule has 0 bridgehead atoms. The zero-order valence-corrected chi connectivity index (χ0v) is 13.1. The predicted molar refractivity (Wildman–Crippen MR) is 90.6 cm³/mol. The molecule has 1 unspecified atom stereocenters. The van der Waals surface area contributed by atoms with Crippen molar-refractivity contribution in [3.05, 3.63) is 53.0 Å². The van der Waals surface area contributed by atoms with Crippen LogP contribution in [0.1, 0.15) is 18.0 Å². The Morgan fingerprint density at radius 3 is 3.00 bits per heavy atom. The van der Waals surface area contributed by atoms with Gasteiger partial charge >= 0.3 is 0 Å². The smallest absolute Gasteiger partial charge is 0.129 e. The zero-order chi connectivity index (χ0) is 14.9. The minimum atomic E-state index is 0.217. The number of hydrogen-bond donors (Lipinski definition) is 0. The number of rotatable bonds is 2. The van der Waals surface area contributed by atoms with Gasteiger partial charge in [0.05, 0.1) is 27.1 Å². The van der Waals surface area contributed by atoms with Crippen LogP contribution in [-0.2, 0) is 0 Å². The van der Waals surface area contributed by atoms with Crippen molar-refractivity contribution in [2.75, 3.05) is 0 Å². The van der Waals surface area contributed by atoms with Crippen LogP contribution in [0.5, 0.6) is 0 Å². The average molecular weight is 327 g/mol. The number of halogens is 1. The molecule has 22 heavy (non-hydrogen) atoms. The average Bonchev–Trinajstić information content (AvgIpc) is 3.04. The van der Waals surface area contributed by atoms with E-state index in [1.54, 1.807) is 17.4 Å². The Bertz CT molecular complexity index is 900. The van der Waals surface area contributed by atoms with E-state index in [9.17, 15) is 0 Å². The van der Waals surface area contributed by atoms with Crippen LogP contribution in [0.3, 0.4) is 0 Å². The van der Waals surface area contributed by atoms with E-state index < -0.39 is 0 Å². The third-order valence-electron chi connectivity index (χ3n) is 3.56. The summed E-state index contributed by atoms with van der Waals surface area (Å²) >= 11 is 7.59. The minimum absolute atomic E-state index is 0.217. The van der Waals surface area contributed by atoms with Crippen LogP contribution in [0, 0.1) is 0 Å². The quantitative estimate of drug-likeness (QED) is 0.652. The molecule has 0 saturated heterocycles. The second kappa shape index (κ2) is 5.59. The molecule has 0 aromatic carbocycles. The van der Waals surface area contributed by atoms with Crippen molar-refractivity contribution in [3.8, 4) is 10.4 Å². The van der Waals surface area contributed by atoms with Gasteiger partial charge in [-0.3, -0.25) is 9.98 Å². The molecule has 0 saturated carbocycles. The van der Waals surface area contributed by atoms with Crippen LogP contribution in [0.15, 0.2) is 47.2 Å². The summed E-state index contributed by atoms with van der Waals surface area (Å²) in [5.41, 5.74) is 5.55. The molecule has 3 aromatic rings. The molecule has 1 atom stereocenters. The van der Waals surface area contributed by atoms with E-state index >= 15 is 0 Å². The number of aliphatic imine (C=N–C) groups is 1. The normalized spacial score (nSPS) is 17.2. The number of nitrogens with zero attached hydrogens (tertiary/aromatic N) is 4. The first-order valence-electron chi connectivity index (χ1n) is 6.85. The molecule has 6 heteroatoms. The molecule has 0 fully saturated rings. The number of allylic oxidation sites excluding steroid dienone is 1. The van der Waals surface area contributed by atoms with Crippen LogP contribution in [0.4, 0.5) is 0 Å². The van der Waals surface area contributed by atoms with Gasteiger partial charge in [0.2, 0.25) is 0 Å². The van der Waals surface area contributed by atoms with E-state index in [1.165, 1.54) is 0 Å². The van der Waals surface area contributed by atoms with Crippen LogP contribution in [0.2, 0.25) is 5.15 Å². The lowest BCUT2D eigenvalue weighted by Gasteiger charge is -2.12. The number of thiazole rings is 1. The van der Waals surface area contributed by atoms with Gasteiger partial charge in [-0.1, -0.05) is 17.7 Å². The third-order valence-corrected chi connectivity index (χ3v) is 4.66. The lowest BCUT2D eigenvalue weighted by molar-refractivity contribution is 0.878. The highest BCUT2D eigenvalue weighted by molar-refractivity contribution is 7.13. The highest BCUT2D eigenvalue weighted by Crippen LogP contribution is 2.34. The number of aromatic nitrogens is 3. The molecule has 4 rings (SSSR count). The van der Waals surface area contributed by atoms with Crippen molar-refractivity contribution in [3.63, 3.8) is 0 Å². The first-order chi connectivity index (χ1) is 10.8. The van der Waals surface area contributed by atoms with Crippen LogP contribution in [0.25, 0.3) is 21.5 Å². The first kappa shape index (κ1) is 13.5. The van der Waals surface area contributed by atoms with Gasteiger partial charge in [-0.2, -0.15) is 0 Å². The number of hydrogen-bond acceptors (Lipinski definition) is 5. The second-order valence-corrected chi connectivity index (χ2v) is 6.23. The maximum Gasteiger partial charge on any atom is 0.129 e. The topological polar surface area (TPSA) is 51.0 Å². The van der Waals surface area contributed by atoms with Crippen LogP contribution < -0.4 is 0 Å². The van der Waals surface area contributed by atoms with Gasteiger partial charge < -0.3 is 0 Å². The number of pyridine rings is 2. The standard InChI is InChI=1S/C16H11ClN4S/c17-14-4-3-12-13(21-14)6-11(8-19-12)16-15(20-9-22-16)10-2-1-5-18-7-10/h1,3-10H,2H2. The van der Waals surface area contributed by atoms with Crippen molar-refractivity contribution in [2.24, 2.45) is 4.99 Å². The fourth-order valence-electron chi connectivity index (χ4n) is 2.51. The monoisotopic (exact) mass is 326 g/mol. The summed E-state index contributed by atoms with van der Waals surface area (Å²) in [4.78, 5) is 18.7. The molecule has 0 amide bonds. The first-order valence-corrected chi connectivity index (χ1v) is 8.11. The molecule has 0 N–H and O–H groups in total. The highest BCUT2D eigenvalue weighted by Gasteiger charge is 2.18. The fraction of sp³-hybridized carbons (Fsp3) is 0.125. The second-order valence-electron chi connectivity index (χ2n) is 4.99. The van der Waals surface area contributed by atoms with Gasteiger partial charge in [0, 0.05) is 30.1 Å². The SMILES string of the molecule is Clc1ccc2ncc(-c3scnc3C3C=NC=CC3)cc2n1. The van der Waals surface area contributed by atoms with E-state index in [0.717, 1.165) is 33.6 Å². The lowest BCUT2D eigenvalue weighted by Crippen LogP contribution is -2.03. The molecule has 0 spiro atoms. The van der Waals surface area contributed by atoms with Gasteiger partial charge in [0.25, 0.3) is 0 Å². The summed E-state index contributed by atoms with van der Waals surface area (Å²) in [6.07, 6.45) is 8.62. The minimum Gasteiger partial charge on any atom is -0.269 e. The van der Waals surface area contributed by atoms with E-state index in [2.05, 4.69) is 26.0 Å². The molecule has 1 aliphatic rings. The van der Waals surface area contributed by atoms with E-state index in [-0.39, 0.29) is 5.92 Å². The van der Waals surface area contributed by atoms with Crippen molar-refractivity contribution in [1.29, 1.82) is 0 Å². The van der Waals surface area contributed by atoms with Gasteiger partial charge in [0.1, 0.15) is 5.15 Å². The van der Waals surface area contributed by atoms with Gasteiger partial charge in [0.15, 0.2) is 0 Å². The lowest BCUT2D eigenvalue weighted by atomic mass is 9.98. The van der Waals surface area contributed by atoms with Gasteiger partial charge in [-0.05, 0) is 24.6 Å². The Kier molecular flexibility index (Phi) is 3.44. The Balaban J connectivity index is 1.80. The summed E-state index contributed by atoms with van der Waals surface area (Å²) < 4.78 is 0. The maximum absolute atomic E-state index is 5.98. The highest BCUT2D eigenvalue weighted by atomic mass is 35.5. The van der Waals surface area contributed by atoms with E-state index in [1.807, 2.05) is 36.3 Å². The molecule has 4 heterocycles. The van der Waals surface area contributed by atoms with Crippen molar-refractivity contribution in [1.82, 2.24) is 15.0 Å². The zero-order valence-electron chi connectivity index (χ0n) is 11.5.